The van der Waals surface area contributed by atoms with Gasteiger partial charge in [-0.3, -0.25) is 4.79 Å². The normalized spacial score (nSPS) is 17.8. The highest BCUT2D eigenvalue weighted by Crippen LogP contribution is 2.23. The zero-order valence-corrected chi connectivity index (χ0v) is 9.67. The number of carbonyl (C=O) groups excluding carboxylic acids is 1. The van der Waals surface area contributed by atoms with Crippen molar-refractivity contribution in [2.75, 3.05) is 11.5 Å². The summed E-state index contributed by atoms with van der Waals surface area (Å²) in [5.74, 6) is -0.00205. The van der Waals surface area contributed by atoms with E-state index >= 15 is 0 Å². The molecular weight excluding hydrogens is 228 g/mol. The van der Waals surface area contributed by atoms with Crippen LogP contribution >= 0.6 is 0 Å². The molecule has 0 fully saturated rings. The first kappa shape index (κ1) is 11.1. The van der Waals surface area contributed by atoms with Gasteiger partial charge >= 0.3 is 0 Å². The fraction of sp³-hybridized carbons (Fsp3) is 0.400. The lowest BCUT2D eigenvalue weighted by Crippen LogP contribution is -2.21. The molecule has 1 aliphatic heterocycles. The van der Waals surface area contributed by atoms with Crippen molar-refractivity contribution >= 4 is 21.4 Å². The third-order valence-electron chi connectivity index (χ3n) is 2.64. The number of Topliss-reactive ketones (excluding diaryl/α,β-unsaturated/α-hetero) is 1. The van der Waals surface area contributed by atoms with Crippen molar-refractivity contribution in [1.29, 1.82) is 0 Å². The van der Waals surface area contributed by atoms with Crippen LogP contribution in [0.3, 0.4) is 0 Å². The van der Waals surface area contributed by atoms with Crippen LogP contribution in [0.1, 0.15) is 28.5 Å². The van der Waals surface area contributed by atoms with E-state index in [4.69, 9.17) is 5.73 Å². The number of hydrogen-bond donors (Lipinski definition) is 1. The number of nitrogen functional groups attached to an aromatic ring is 1. The average molecular weight is 240 g/mol. The number of nitrogens with two attached hydrogens (primary N) is 1. The van der Waals surface area contributed by atoms with Gasteiger partial charge in [0.1, 0.15) is 5.82 Å². The molecule has 0 unspecified atom stereocenters. The minimum absolute atomic E-state index is 0.0787. The van der Waals surface area contributed by atoms with Gasteiger partial charge in [-0.1, -0.05) is 0 Å². The lowest BCUT2D eigenvalue weighted by Gasteiger charge is -2.16. The van der Waals surface area contributed by atoms with Gasteiger partial charge in [0.05, 0.1) is 22.8 Å². The standard InChI is InChI=1S/C10H12N2O3S/c1-6(13)8-4-7-2-3-16(14,15)5-9(7)12-10(8)11/h4H,2-3,5H2,1H3,(H2,11,12). The van der Waals surface area contributed by atoms with E-state index in [0.717, 1.165) is 5.56 Å². The molecule has 0 aromatic carbocycles. The Morgan fingerprint density at radius 1 is 1.50 bits per heavy atom. The number of aromatic nitrogens is 1. The molecule has 1 aromatic heterocycles. The van der Waals surface area contributed by atoms with Gasteiger partial charge in [0, 0.05) is 0 Å². The Labute approximate surface area is 93.6 Å². The van der Waals surface area contributed by atoms with Gasteiger partial charge in [0.2, 0.25) is 0 Å². The third-order valence-corrected chi connectivity index (χ3v) is 4.18. The summed E-state index contributed by atoms with van der Waals surface area (Å²) in [4.78, 5) is 15.2. The molecule has 0 aliphatic carbocycles. The highest BCUT2D eigenvalue weighted by Gasteiger charge is 2.24. The number of nitrogens with zero attached hydrogens (tertiary/aromatic N) is 1. The molecule has 0 radical (unpaired) electrons. The van der Waals surface area contributed by atoms with Crippen LogP contribution in [0.15, 0.2) is 6.07 Å². The van der Waals surface area contributed by atoms with Crippen LogP contribution in [-0.4, -0.2) is 24.9 Å². The Balaban J connectivity index is 2.54. The number of carbonyl (C=O) groups is 1. The Hall–Kier alpha value is -1.43. The number of aryl methyl sites for hydroxylation is 1. The Bertz CT molecular complexity index is 564. The van der Waals surface area contributed by atoms with Gasteiger partial charge in [-0.2, -0.15) is 0 Å². The van der Waals surface area contributed by atoms with E-state index in [1.54, 1.807) is 6.07 Å². The van der Waals surface area contributed by atoms with Crippen molar-refractivity contribution in [2.24, 2.45) is 0 Å². The molecule has 2 rings (SSSR count). The Morgan fingerprint density at radius 2 is 2.19 bits per heavy atom. The van der Waals surface area contributed by atoms with E-state index in [0.29, 0.717) is 17.7 Å². The number of fused-ring (bicyclic) bond motifs is 1. The van der Waals surface area contributed by atoms with Gasteiger partial charge in [-0.05, 0) is 25.0 Å². The first-order chi connectivity index (χ1) is 7.39. The second kappa shape index (κ2) is 3.55. The SMILES string of the molecule is CC(=O)c1cc2c(nc1N)CS(=O)(=O)CC2. The third kappa shape index (κ3) is 1.92. The summed E-state index contributed by atoms with van der Waals surface area (Å²) in [7, 11) is -3.05. The molecule has 5 nitrogen and oxygen atoms in total. The van der Waals surface area contributed by atoms with E-state index < -0.39 is 9.84 Å². The number of pyridine rings is 1. The number of hydrogen-bond acceptors (Lipinski definition) is 5. The molecule has 1 aromatic rings. The molecule has 16 heavy (non-hydrogen) atoms. The summed E-state index contributed by atoms with van der Waals surface area (Å²) in [5, 5.41) is 0. The molecule has 0 saturated heterocycles. The van der Waals surface area contributed by atoms with Crippen molar-refractivity contribution < 1.29 is 13.2 Å². The minimum atomic E-state index is -3.05. The summed E-state index contributed by atoms with van der Waals surface area (Å²) in [6, 6.07) is 1.66. The Morgan fingerprint density at radius 3 is 2.81 bits per heavy atom. The maximum atomic E-state index is 11.4. The Kier molecular flexibility index (Phi) is 2.46. The molecule has 6 heteroatoms. The van der Waals surface area contributed by atoms with Crippen molar-refractivity contribution in [3.63, 3.8) is 0 Å². The van der Waals surface area contributed by atoms with Crippen molar-refractivity contribution in [2.45, 2.75) is 19.1 Å². The highest BCUT2D eigenvalue weighted by atomic mass is 32.2. The van der Waals surface area contributed by atoms with Crippen LogP contribution < -0.4 is 5.73 Å². The number of anilines is 1. The molecule has 0 bridgehead atoms. The van der Waals surface area contributed by atoms with Gasteiger partial charge in [-0.15, -0.1) is 0 Å². The summed E-state index contributed by atoms with van der Waals surface area (Å²) in [5.41, 5.74) is 7.27. The average Bonchev–Trinajstić information content (AvgIpc) is 2.14. The van der Waals surface area contributed by atoms with Crippen LogP contribution in [0.2, 0.25) is 0 Å². The maximum absolute atomic E-state index is 11.4. The van der Waals surface area contributed by atoms with E-state index in [1.807, 2.05) is 0 Å². The molecule has 1 aliphatic rings. The predicted molar refractivity (Wildman–Crippen MR) is 59.8 cm³/mol. The van der Waals surface area contributed by atoms with Crippen LogP contribution in [-0.2, 0) is 22.0 Å². The molecule has 0 saturated carbocycles. The fourth-order valence-corrected chi connectivity index (χ4v) is 3.12. The van der Waals surface area contributed by atoms with Gasteiger partial charge in [0.25, 0.3) is 0 Å². The molecule has 86 valence electrons. The quantitative estimate of drug-likeness (QED) is 0.715. The summed E-state index contributed by atoms with van der Waals surface area (Å²) < 4.78 is 22.8. The molecule has 0 amide bonds. The smallest absolute Gasteiger partial charge is 0.163 e. The molecule has 0 atom stereocenters. The lowest BCUT2D eigenvalue weighted by atomic mass is 10.1. The fourth-order valence-electron chi connectivity index (χ4n) is 1.78. The number of rotatable bonds is 1. The lowest BCUT2D eigenvalue weighted by molar-refractivity contribution is 0.101. The predicted octanol–water partition coefficient (Wildman–Crippen LogP) is 0.337. The van der Waals surface area contributed by atoms with Crippen molar-refractivity contribution in [3.8, 4) is 0 Å². The maximum Gasteiger partial charge on any atom is 0.163 e. The zero-order valence-electron chi connectivity index (χ0n) is 8.86. The van der Waals surface area contributed by atoms with E-state index in [2.05, 4.69) is 4.98 Å². The first-order valence-corrected chi connectivity index (χ1v) is 6.71. The molecule has 2 N–H and O–H groups in total. The van der Waals surface area contributed by atoms with E-state index in [-0.39, 0.29) is 23.1 Å². The van der Waals surface area contributed by atoms with E-state index in [9.17, 15) is 13.2 Å². The van der Waals surface area contributed by atoms with Crippen molar-refractivity contribution in [3.05, 3.63) is 22.9 Å². The molecular formula is C10H12N2O3S. The largest absolute Gasteiger partial charge is 0.383 e. The zero-order chi connectivity index (χ0) is 11.9. The number of ketones is 1. The second-order valence-electron chi connectivity index (χ2n) is 3.93. The molecule has 2 heterocycles. The highest BCUT2D eigenvalue weighted by molar-refractivity contribution is 7.90. The van der Waals surface area contributed by atoms with Gasteiger partial charge in [-0.25, -0.2) is 13.4 Å². The van der Waals surface area contributed by atoms with Crippen LogP contribution in [0, 0.1) is 0 Å². The topological polar surface area (TPSA) is 90.1 Å². The number of sulfone groups is 1. The summed E-state index contributed by atoms with van der Waals surface area (Å²) in [6.07, 6.45) is 0.408. The van der Waals surface area contributed by atoms with Gasteiger partial charge in [0.15, 0.2) is 15.6 Å². The van der Waals surface area contributed by atoms with Gasteiger partial charge < -0.3 is 5.73 Å². The molecule has 0 spiro atoms. The first-order valence-electron chi connectivity index (χ1n) is 4.89. The minimum Gasteiger partial charge on any atom is -0.383 e. The van der Waals surface area contributed by atoms with E-state index in [1.165, 1.54) is 6.92 Å². The van der Waals surface area contributed by atoms with Crippen LogP contribution in [0.5, 0.6) is 0 Å². The monoisotopic (exact) mass is 240 g/mol. The summed E-state index contributed by atoms with van der Waals surface area (Å²) >= 11 is 0. The summed E-state index contributed by atoms with van der Waals surface area (Å²) in [6.45, 7) is 1.42. The second-order valence-corrected chi connectivity index (χ2v) is 6.11. The van der Waals surface area contributed by atoms with Crippen LogP contribution in [0.25, 0.3) is 0 Å². The van der Waals surface area contributed by atoms with Crippen molar-refractivity contribution in [1.82, 2.24) is 4.98 Å². The van der Waals surface area contributed by atoms with Crippen LogP contribution in [0.4, 0.5) is 5.82 Å².